The van der Waals surface area contributed by atoms with Gasteiger partial charge in [0.15, 0.2) is 4.33 Å². The van der Waals surface area contributed by atoms with Crippen LogP contribution in [-0.4, -0.2) is 16.3 Å². The Hall–Kier alpha value is 0.0500. The third kappa shape index (κ3) is 2.01. The van der Waals surface area contributed by atoms with Crippen molar-refractivity contribution in [1.29, 1.82) is 0 Å². The van der Waals surface area contributed by atoms with E-state index in [2.05, 4.69) is 5.32 Å². The maximum atomic E-state index is 11.5. The maximum Gasteiger partial charge on any atom is 0.256 e. The van der Waals surface area contributed by atoms with Gasteiger partial charge < -0.3 is 5.32 Å². The second kappa shape index (κ2) is 3.90. The summed E-state index contributed by atoms with van der Waals surface area (Å²) >= 11 is 11.9. The van der Waals surface area contributed by atoms with Crippen LogP contribution in [0.4, 0.5) is 0 Å². The minimum absolute atomic E-state index is 0.205. The van der Waals surface area contributed by atoms with Crippen LogP contribution in [0.5, 0.6) is 0 Å². The molecule has 1 N–H and O–H groups in total. The molecule has 1 saturated carbocycles. The van der Waals surface area contributed by atoms with E-state index in [4.69, 9.17) is 23.2 Å². The van der Waals surface area contributed by atoms with Gasteiger partial charge in [0, 0.05) is 6.04 Å². The molecule has 0 aromatic rings. The number of carbonyl (C=O) groups excluding carboxylic acids is 1. The van der Waals surface area contributed by atoms with Crippen LogP contribution in [0, 0.1) is 5.92 Å². The molecule has 1 heterocycles. The van der Waals surface area contributed by atoms with Gasteiger partial charge >= 0.3 is 0 Å². The van der Waals surface area contributed by atoms with E-state index < -0.39 is 4.33 Å². The summed E-state index contributed by atoms with van der Waals surface area (Å²) in [7, 11) is 0. The summed E-state index contributed by atoms with van der Waals surface area (Å²) < 4.78 is -1.19. The monoisotopic (exact) mass is 235 g/mol. The zero-order valence-corrected chi connectivity index (χ0v) is 9.57. The molecular weight excluding hydrogens is 221 g/mol. The summed E-state index contributed by atoms with van der Waals surface area (Å²) in [5.74, 6) is 0.272. The van der Waals surface area contributed by atoms with E-state index in [1.165, 1.54) is 19.3 Å². The lowest BCUT2D eigenvalue weighted by molar-refractivity contribution is -0.125. The quantitative estimate of drug-likeness (QED) is 0.643. The van der Waals surface area contributed by atoms with Crippen molar-refractivity contribution in [2.45, 2.75) is 48.9 Å². The lowest BCUT2D eigenvalue weighted by Crippen LogP contribution is -2.53. The number of alkyl halides is 2. The van der Waals surface area contributed by atoms with Crippen LogP contribution in [0.25, 0.3) is 0 Å². The molecule has 4 heteroatoms. The topological polar surface area (TPSA) is 29.1 Å². The fourth-order valence-corrected chi connectivity index (χ4v) is 3.02. The van der Waals surface area contributed by atoms with Crippen LogP contribution < -0.4 is 5.32 Å². The number of amides is 1. The van der Waals surface area contributed by atoms with Gasteiger partial charge in [-0.15, -0.1) is 0 Å². The molecule has 0 aromatic carbocycles. The summed E-state index contributed by atoms with van der Waals surface area (Å²) in [5, 5.41) is 2.95. The predicted molar refractivity (Wildman–Crippen MR) is 57.6 cm³/mol. The molecule has 2 aliphatic rings. The molecule has 2 unspecified atom stereocenters. The molecule has 1 saturated heterocycles. The first-order valence-corrected chi connectivity index (χ1v) is 6.04. The summed E-state index contributed by atoms with van der Waals surface area (Å²) in [5.41, 5.74) is 0. The average Bonchev–Trinajstić information content (AvgIpc) is 2.30. The molecule has 2 nitrogen and oxygen atoms in total. The van der Waals surface area contributed by atoms with Crippen molar-refractivity contribution in [3.63, 3.8) is 0 Å². The van der Waals surface area contributed by atoms with Gasteiger partial charge in [-0.2, -0.15) is 0 Å². The molecular formula is C10H15Cl2NO. The van der Waals surface area contributed by atoms with E-state index in [0.29, 0.717) is 18.4 Å². The molecule has 1 aliphatic carbocycles. The second-order valence-electron chi connectivity index (χ2n) is 4.39. The number of rotatable bonds is 0. The van der Waals surface area contributed by atoms with Crippen LogP contribution in [0.3, 0.4) is 0 Å². The van der Waals surface area contributed by atoms with Gasteiger partial charge in [-0.1, -0.05) is 42.5 Å². The van der Waals surface area contributed by atoms with Crippen molar-refractivity contribution in [3.05, 3.63) is 0 Å². The highest BCUT2D eigenvalue weighted by atomic mass is 35.5. The Morgan fingerprint density at radius 3 is 2.71 bits per heavy atom. The molecule has 2 atom stereocenters. The molecule has 14 heavy (non-hydrogen) atoms. The van der Waals surface area contributed by atoms with Gasteiger partial charge in [0.25, 0.3) is 5.91 Å². The first-order valence-electron chi connectivity index (χ1n) is 5.28. The smallest absolute Gasteiger partial charge is 0.256 e. The number of piperidine rings is 1. The Morgan fingerprint density at radius 2 is 1.93 bits per heavy atom. The van der Waals surface area contributed by atoms with Gasteiger partial charge in [0.2, 0.25) is 0 Å². The zero-order valence-electron chi connectivity index (χ0n) is 8.06. The molecule has 2 fully saturated rings. The third-order valence-electron chi connectivity index (χ3n) is 3.33. The fourth-order valence-electron chi connectivity index (χ4n) is 2.51. The van der Waals surface area contributed by atoms with Crippen LogP contribution in [-0.2, 0) is 4.79 Å². The molecule has 0 bridgehead atoms. The molecule has 1 amide bonds. The maximum absolute atomic E-state index is 11.5. The van der Waals surface area contributed by atoms with Gasteiger partial charge in [-0.3, -0.25) is 4.79 Å². The van der Waals surface area contributed by atoms with E-state index in [-0.39, 0.29) is 5.91 Å². The first-order chi connectivity index (χ1) is 6.59. The third-order valence-corrected chi connectivity index (χ3v) is 3.98. The lowest BCUT2D eigenvalue weighted by Gasteiger charge is -2.37. The summed E-state index contributed by atoms with van der Waals surface area (Å²) in [6, 6.07) is 0.315. The van der Waals surface area contributed by atoms with Crippen LogP contribution in [0.1, 0.15) is 38.5 Å². The molecule has 0 spiro atoms. The van der Waals surface area contributed by atoms with Gasteiger partial charge in [-0.25, -0.2) is 0 Å². The number of fused-ring (bicyclic) bond motifs is 1. The SMILES string of the molecule is O=C1NC2CCCCCC2CC1(Cl)Cl. The van der Waals surface area contributed by atoms with E-state index >= 15 is 0 Å². The van der Waals surface area contributed by atoms with E-state index in [1.807, 2.05) is 0 Å². The van der Waals surface area contributed by atoms with Crippen molar-refractivity contribution >= 4 is 29.1 Å². The van der Waals surface area contributed by atoms with Gasteiger partial charge in [0.1, 0.15) is 0 Å². The highest BCUT2D eigenvalue weighted by Crippen LogP contribution is 2.39. The Balaban J connectivity index is 2.10. The number of nitrogens with one attached hydrogen (secondary N) is 1. The number of halogens is 2. The number of carbonyl (C=O) groups is 1. The molecule has 1 aliphatic heterocycles. The van der Waals surface area contributed by atoms with Crippen LogP contribution >= 0.6 is 23.2 Å². The summed E-state index contributed by atoms with van der Waals surface area (Å²) in [6.45, 7) is 0. The minimum Gasteiger partial charge on any atom is -0.350 e. The molecule has 0 radical (unpaired) electrons. The number of hydrogen-bond donors (Lipinski definition) is 1. The van der Waals surface area contributed by atoms with Crippen molar-refractivity contribution in [2.24, 2.45) is 5.92 Å². The van der Waals surface area contributed by atoms with Crippen molar-refractivity contribution in [1.82, 2.24) is 5.32 Å². The normalized spacial score (nSPS) is 36.9. The Labute approximate surface area is 94.3 Å². The second-order valence-corrected chi connectivity index (χ2v) is 5.87. The largest absolute Gasteiger partial charge is 0.350 e. The van der Waals surface area contributed by atoms with Crippen molar-refractivity contribution in [2.75, 3.05) is 0 Å². The highest BCUT2D eigenvalue weighted by Gasteiger charge is 2.44. The number of hydrogen-bond acceptors (Lipinski definition) is 1. The fraction of sp³-hybridized carbons (Fsp3) is 0.900. The molecule has 0 aromatic heterocycles. The Bertz CT molecular complexity index is 242. The molecule has 80 valence electrons. The van der Waals surface area contributed by atoms with Gasteiger partial charge in [0.05, 0.1) is 0 Å². The summed E-state index contributed by atoms with van der Waals surface area (Å²) in [6.07, 6.45) is 6.55. The first kappa shape index (κ1) is 10.6. The lowest BCUT2D eigenvalue weighted by atomic mass is 9.86. The standard InChI is InChI=1S/C10H15Cl2NO/c11-10(12)6-7-4-2-1-3-5-8(7)13-9(10)14/h7-8H,1-6H2,(H,13,14). The van der Waals surface area contributed by atoms with Crippen molar-refractivity contribution < 1.29 is 4.79 Å². The highest BCUT2D eigenvalue weighted by molar-refractivity contribution is 6.58. The Morgan fingerprint density at radius 1 is 1.21 bits per heavy atom. The minimum atomic E-state index is -1.19. The average molecular weight is 236 g/mol. The van der Waals surface area contributed by atoms with E-state index in [9.17, 15) is 4.79 Å². The van der Waals surface area contributed by atoms with E-state index in [0.717, 1.165) is 12.8 Å². The molecule has 2 rings (SSSR count). The van der Waals surface area contributed by atoms with Crippen molar-refractivity contribution in [3.8, 4) is 0 Å². The van der Waals surface area contributed by atoms with Crippen LogP contribution in [0.15, 0.2) is 0 Å². The van der Waals surface area contributed by atoms with E-state index in [1.54, 1.807) is 0 Å². The Kier molecular flexibility index (Phi) is 2.94. The van der Waals surface area contributed by atoms with Crippen LogP contribution in [0.2, 0.25) is 0 Å². The van der Waals surface area contributed by atoms with Gasteiger partial charge in [-0.05, 0) is 25.2 Å². The summed E-state index contributed by atoms with van der Waals surface area (Å²) in [4.78, 5) is 11.5. The zero-order chi connectivity index (χ0) is 10.2. The predicted octanol–water partition coefficient (Wildman–Crippen LogP) is 2.63.